The molecule has 1 N–H and O–H groups in total. The third kappa shape index (κ3) is 4.87. The first-order chi connectivity index (χ1) is 13.9. The molecule has 2 saturated heterocycles. The number of carbonyl (C=O) groups excluding carboxylic acids is 3. The number of hydrogen-bond acceptors (Lipinski definition) is 4. The second-order valence-corrected chi connectivity index (χ2v) is 7.75. The number of rotatable bonds is 5. The zero-order valence-electron chi connectivity index (χ0n) is 17.4. The number of ether oxygens (including phenoxy) is 1. The number of nitrogens with zero attached hydrogens (tertiary/aromatic N) is 3. The van der Waals surface area contributed by atoms with Crippen LogP contribution in [0.1, 0.15) is 24.0 Å². The van der Waals surface area contributed by atoms with Crippen LogP contribution < -0.4 is 5.32 Å². The van der Waals surface area contributed by atoms with Crippen LogP contribution >= 0.6 is 0 Å². The lowest BCUT2D eigenvalue weighted by Gasteiger charge is -2.42. The molecule has 2 heterocycles. The Morgan fingerprint density at radius 1 is 1.10 bits per heavy atom. The van der Waals surface area contributed by atoms with Crippen LogP contribution in [0.15, 0.2) is 18.2 Å². The topological polar surface area (TPSA) is 82.2 Å². The Morgan fingerprint density at radius 3 is 2.52 bits per heavy atom. The summed E-state index contributed by atoms with van der Waals surface area (Å²) in [6.07, 6.45) is 1.36. The minimum Gasteiger partial charge on any atom is -0.383 e. The standard InChI is InChI=1S/C21H30N4O4/c1-15-4-5-16(2)18(14-15)22-21(28)24-8-6-17(7-9-24)25-11-10-23(12-13-29-3)19(26)20(25)27/h4-5,14,17H,6-13H2,1-3H3,(H,22,28). The second kappa shape index (κ2) is 9.26. The number of nitrogens with one attached hydrogen (secondary N) is 1. The van der Waals surface area contributed by atoms with Gasteiger partial charge in [0.25, 0.3) is 0 Å². The van der Waals surface area contributed by atoms with Crippen molar-refractivity contribution in [3.05, 3.63) is 29.3 Å². The number of likely N-dealkylation sites (tertiary alicyclic amines) is 1. The van der Waals surface area contributed by atoms with E-state index in [0.717, 1.165) is 16.8 Å². The van der Waals surface area contributed by atoms with Gasteiger partial charge in [-0.1, -0.05) is 12.1 Å². The minimum absolute atomic E-state index is 0.000723. The summed E-state index contributed by atoms with van der Waals surface area (Å²) in [7, 11) is 1.58. The lowest BCUT2D eigenvalue weighted by molar-refractivity contribution is -0.158. The normalized spacial score (nSPS) is 18.4. The summed E-state index contributed by atoms with van der Waals surface area (Å²) in [5.74, 6) is -0.894. The summed E-state index contributed by atoms with van der Waals surface area (Å²) < 4.78 is 5.00. The van der Waals surface area contributed by atoms with Crippen LogP contribution in [0.3, 0.4) is 0 Å². The number of hydrogen-bond donors (Lipinski definition) is 1. The smallest absolute Gasteiger partial charge is 0.321 e. The van der Waals surface area contributed by atoms with Crippen molar-refractivity contribution in [1.29, 1.82) is 0 Å². The number of piperidine rings is 1. The molecule has 8 heteroatoms. The molecular formula is C21H30N4O4. The molecule has 3 rings (SSSR count). The Morgan fingerprint density at radius 2 is 1.83 bits per heavy atom. The maximum atomic E-state index is 12.6. The molecule has 0 aliphatic carbocycles. The molecule has 0 unspecified atom stereocenters. The molecule has 2 fully saturated rings. The highest BCUT2D eigenvalue weighted by molar-refractivity contribution is 6.35. The fourth-order valence-electron chi connectivity index (χ4n) is 3.90. The van der Waals surface area contributed by atoms with Gasteiger partial charge in [0, 0.05) is 51.6 Å². The molecule has 0 spiro atoms. The van der Waals surface area contributed by atoms with Gasteiger partial charge in [0.05, 0.1) is 6.61 Å². The Labute approximate surface area is 171 Å². The van der Waals surface area contributed by atoms with Gasteiger partial charge < -0.3 is 24.8 Å². The molecule has 0 saturated carbocycles. The van der Waals surface area contributed by atoms with Crippen molar-refractivity contribution in [2.45, 2.75) is 32.7 Å². The number of benzene rings is 1. The molecule has 1 aromatic rings. The first-order valence-electron chi connectivity index (χ1n) is 10.1. The summed E-state index contributed by atoms with van der Waals surface area (Å²) in [6.45, 7) is 7.01. The van der Waals surface area contributed by atoms with Crippen LogP contribution in [0.4, 0.5) is 10.5 Å². The van der Waals surface area contributed by atoms with E-state index in [1.807, 2.05) is 32.0 Å². The van der Waals surface area contributed by atoms with E-state index in [2.05, 4.69) is 5.32 Å². The number of aryl methyl sites for hydroxylation is 2. The van der Waals surface area contributed by atoms with Crippen LogP contribution in [0, 0.1) is 13.8 Å². The monoisotopic (exact) mass is 402 g/mol. The van der Waals surface area contributed by atoms with Gasteiger partial charge in [-0.25, -0.2) is 4.79 Å². The third-order valence-corrected chi connectivity index (χ3v) is 5.73. The van der Waals surface area contributed by atoms with Crippen molar-refractivity contribution in [3.63, 3.8) is 0 Å². The van der Waals surface area contributed by atoms with Crippen LogP contribution in [0.2, 0.25) is 0 Å². The molecule has 1 aromatic carbocycles. The Hall–Kier alpha value is -2.61. The van der Waals surface area contributed by atoms with Crippen molar-refractivity contribution in [2.24, 2.45) is 0 Å². The summed E-state index contributed by atoms with van der Waals surface area (Å²) >= 11 is 0. The lowest BCUT2D eigenvalue weighted by atomic mass is 10.0. The van der Waals surface area contributed by atoms with Crippen LogP contribution in [0.5, 0.6) is 0 Å². The molecule has 0 radical (unpaired) electrons. The van der Waals surface area contributed by atoms with E-state index >= 15 is 0 Å². The molecule has 0 atom stereocenters. The largest absolute Gasteiger partial charge is 0.383 e. The second-order valence-electron chi connectivity index (χ2n) is 7.75. The molecule has 8 nitrogen and oxygen atoms in total. The van der Waals surface area contributed by atoms with Crippen molar-refractivity contribution in [2.75, 3.05) is 51.8 Å². The van der Waals surface area contributed by atoms with Gasteiger partial charge in [0.15, 0.2) is 0 Å². The average molecular weight is 402 g/mol. The highest BCUT2D eigenvalue weighted by Crippen LogP contribution is 2.22. The third-order valence-electron chi connectivity index (χ3n) is 5.73. The summed E-state index contributed by atoms with van der Waals surface area (Å²) in [5, 5.41) is 2.99. The highest BCUT2D eigenvalue weighted by Gasteiger charge is 2.37. The summed E-state index contributed by atoms with van der Waals surface area (Å²) in [5.41, 5.74) is 2.94. The van der Waals surface area contributed by atoms with Crippen LogP contribution in [-0.4, -0.2) is 85.0 Å². The average Bonchev–Trinajstić information content (AvgIpc) is 2.72. The van der Waals surface area contributed by atoms with Gasteiger partial charge in [0.1, 0.15) is 0 Å². The molecular weight excluding hydrogens is 372 g/mol. The van der Waals surface area contributed by atoms with Gasteiger partial charge >= 0.3 is 17.8 Å². The zero-order chi connectivity index (χ0) is 21.0. The predicted molar refractivity (Wildman–Crippen MR) is 110 cm³/mol. The molecule has 0 bridgehead atoms. The summed E-state index contributed by atoms with van der Waals surface area (Å²) in [4.78, 5) is 42.5. The summed E-state index contributed by atoms with van der Waals surface area (Å²) in [6, 6.07) is 5.85. The number of anilines is 1. The quantitative estimate of drug-likeness (QED) is 0.759. The van der Waals surface area contributed by atoms with Gasteiger partial charge in [0.2, 0.25) is 0 Å². The van der Waals surface area contributed by atoms with Gasteiger partial charge in [-0.05, 0) is 43.9 Å². The first kappa shape index (κ1) is 21.1. The maximum absolute atomic E-state index is 12.6. The van der Waals surface area contributed by atoms with E-state index in [9.17, 15) is 14.4 Å². The Kier molecular flexibility index (Phi) is 6.74. The first-order valence-corrected chi connectivity index (χ1v) is 10.1. The van der Waals surface area contributed by atoms with Crippen LogP contribution in [0.25, 0.3) is 0 Å². The van der Waals surface area contributed by atoms with Crippen molar-refractivity contribution < 1.29 is 19.1 Å². The number of urea groups is 1. The molecule has 158 valence electrons. The zero-order valence-corrected chi connectivity index (χ0v) is 17.4. The number of amides is 4. The molecule has 2 aliphatic rings. The lowest BCUT2D eigenvalue weighted by Crippen LogP contribution is -2.59. The fourth-order valence-corrected chi connectivity index (χ4v) is 3.90. The van der Waals surface area contributed by atoms with E-state index < -0.39 is 11.8 Å². The van der Waals surface area contributed by atoms with E-state index in [1.54, 1.807) is 21.8 Å². The molecule has 0 aromatic heterocycles. The van der Waals surface area contributed by atoms with E-state index in [4.69, 9.17) is 4.74 Å². The Bertz CT molecular complexity index is 774. The van der Waals surface area contributed by atoms with Crippen molar-refractivity contribution in [3.8, 4) is 0 Å². The molecule has 2 aliphatic heterocycles. The van der Waals surface area contributed by atoms with Gasteiger partial charge in [-0.3, -0.25) is 9.59 Å². The van der Waals surface area contributed by atoms with Gasteiger partial charge in [-0.15, -0.1) is 0 Å². The van der Waals surface area contributed by atoms with E-state index in [1.165, 1.54) is 0 Å². The van der Waals surface area contributed by atoms with Gasteiger partial charge in [-0.2, -0.15) is 0 Å². The van der Waals surface area contributed by atoms with E-state index in [-0.39, 0.29) is 12.1 Å². The van der Waals surface area contributed by atoms with Crippen LogP contribution in [-0.2, 0) is 14.3 Å². The highest BCUT2D eigenvalue weighted by atomic mass is 16.5. The molecule has 29 heavy (non-hydrogen) atoms. The Balaban J connectivity index is 1.52. The number of methoxy groups -OCH3 is 1. The van der Waals surface area contributed by atoms with Crippen molar-refractivity contribution >= 4 is 23.5 Å². The predicted octanol–water partition coefficient (Wildman–Crippen LogP) is 1.62. The SMILES string of the molecule is COCCN1CCN(C2CCN(C(=O)Nc3cc(C)ccc3C)CC2)C(=O)C1=O. The number of piperazine rings is 1. The number of carbonyl (C=O) groups is 3. The minimum atomic E-state index is -0.455. The van der Waals surface area contributed by atoms with E-state index in [0.29, 0.717) is 52.2 Å². The molecule has 4 amide bonds. The maximum Gasteiger partial charge on any atom is 0.321 e. The van der Waals surface area contributed by atoms with Crippen molar-refractivity contribution in [1.82, 2.24) is 14.7 Å². The fraction of sp³-hybridized carbons (Fsp3) is 0.571.